The van der Waals surface area contributed by atoms with E-state index in [4.69, 9.17) is 11.6 Å². The van der Waals surface area contributed by atoms with Crippen LogP contribution in [0.3, 0.4) is 0 Å². The second-order valence-electron chi connectivity index (χ2n) is 1.31. The molecule has 0 saturated carbocycles. The Hall–Kier alpha value is -0.370. The lowest BCUT2D eigenvalue weighted by atomic mass is 10.5. The molecule has 0 unspecified atom stereocenters. The molecule has 0 aliphatic rings. The van der Waals surface area contributed by atoms with E-state index in [2.05, 4.69) is 16.7 Å². The molecule has 3 heteroatoms. The van der Waals surface area contributed by atoms with E-state index in [1.807, 2.05) is 6.92 Å². The van der Waals surface area contributed by atoms with Crippen molar-refractivity contribution >= 4 is 23.6 Å². The maximum atomic E-state index is 5.36. The van der Waals surface area contributed by atoms with E-state index in [1.54, 1.807) is 0 Å². The van der Waals surface area contributed by atoms with Gasteiger partial charge in [-0.15, -0.1) is 0 Å². The molecule has 0 aromatic rings. The Morgan fingerprint density at radius 1 is 1.75 bits per heavy atom. The van der Waals surface area contributed by atoms with Gasteiger partial charge in [0.05, 0.1) is 0 Å². The van der Waals surface area contributed by atoms with E-state index in [-0.39, 0.29) is 5.29 Å². The summed E-state index contributed by atoms with van der Waals surface area (Å²) in [6.45, 7) is 5.96. The van der Waals surface area contributed by atoms with E-state index >= 15 is 0 Å². The van der Waals surface area contributed by atoms with Crippen LogP contribution in [-0.2, 0) is 0 Å². The summed E-state index contributed by atoms with van der Waals surface area (Å²) < 4.78 is 0. The molecule has 0 aliphatic heterocycles. The zero-order valence-electron chi connectivity index (χ0n) is 4.89. The minimum absolute atomic E-state index is 0.256. The molecule has 0 bridgehead atoms. The van der Waals surface area contributed by atoms with Crippen LogP contribution in [0.25, 0.3) is 0 Å². The van der Waals surface area contributed by atoms with Gasteiger partial charge in [-0.1, -0.05) is 6.92 Å². The fourth-order valence-corrected chi connectivity index (χ4v) is 0.339. The molecule has 0 aliphatic carbocycles. The van der Waals surface area contributed by atoms with Crippen molar-refractivity contribution in [1.29, 1.82) is 0 Å². The fourth-order valence-electron chi connectivity index (χ4n) is 0.254. The third-order valence-corrected chi connectivity index (χ3v) is 0.835. The number of aliphatic imine (C=N–C) groups is 2. The number of amidine groups is 1. The second-order valence-corrected chi connectivity index (χ2v) is 1.65. The van der Waals surface area contributed by atoms with Gasteiger partial charge in [0.15, 0.2) is 0 Å². The molecule has 0 aromatic heterocycles. The zero-order chi connectivity index (χ0) is 6.41. The first kappa shape index (κ1) is 7.63. The summed E-state index contributed by atoms with van der Waals surface area (Å²) in [5, 5.41) is 0.256. The summed E-state index contributed by atoms with van der Waals surface area (Å²) in [4.78, 5) is 7.21. The van der Waals surface area contributed by atoms with Crippen molar-refractivity contribution in [1.82, 2.24) is 0 Å². The van der Waals surface area contributed by atoms with Gasteiger partial charge in [0, 0.05) is 6.54 Å². The van der Waals surface area contributed by atoms with E-state index in [0.29, 0.717) is 0 Å². The highest BCUT2D eigenvalue weighted by Gasteiger charge is 1.81. The lowest BCUT2D eigenvalue weighted by Crippen LogP contribution is -1.82. The van der Waals surface area contributed by atoms with Gasteiger partial charge in [-0.05, 0) is 24.7 Å². The molecule has 0 N–H and O–H groups in total. The number of hydrogen-bond acceptors (Lipinski definition) is 1. The topological polar surface area (TPSA) is 24.7 Å². The van der Waals surface area contributed by atoms with E-state index < -0.39 is 0 Å². The molecular weight excluding hydrogens is 124 g/mol. The van der Waals surface area contributed by atoms with Crippen molar-refractivity contribution in [3.63, 3.8) is 0 Å². The Labute approximate surface area is 54.3 Å². The monoisotopic (exact) mass is 132 g/mol. The summed E-state index contributed by atoms with van der Waals surface area (Å²) in [6.07, 6.45) is 0.992. The molecule has 8 heavy (non-hydrogen) atoms. The SMILES string of the molecule is C=NC(Cl)=NCCC. The van der Waals surface area contributed by atoms with Gasteiger partial charge >= 0.3 is 0 Å². The van der Waals surface area contributed by atoms with E-state index in [9.17, 15) is 0 Å². The van der Waals surface area contributed by atoms with Gasteiger partial charge in [-0.2, -0.15) is 0 Å². The van der Waals surface area contributed by atoms with Crippen LogP contribution < -0.4 is 0 Å². The van der Waals surface area contributed by atoms with E-state index in [1.165, 1.54) is 0 Å². The van der Waals surface area contributed by atoms with Crippen LogP contribution in [0, 0.1) is 0 Å². The van der Waals surface area contributed by atoms with Gasteiger partial charge in [0.2, 0.25) is 5.29 Å². The molecule has 0 radical (unpaired) electrons. The van der Waals surface area contributed by atoms with Crippen LogP contribution in [0.2, 0.25) is 0 Å². The second kappa shape index (κ2) is 4.78. The lowest BCUT2D eigenvalue weighted by molar-refractivity contribution is 0.934. The van der Waals surface area contributed by atoms with Crippen LogP contribution in [0.1, 0.15) is 13.3 Å². The summed E-state index contributed by atoms with van der Waals surface area (Å²) >= 11 is 5.36. The summed E-state index contributed by atoms with van der Waals surface area (Å²) in [6, 6.07) is 0. The first-order valence-corrected chi connectivity index (χ1v) is 2.85. The Morgan fingerprint density at radius 2 is 2.38 bits per heavy atom. The summed E-state index contributed by atoms with van der Waals surface area (Å²) in [7, 11) is 0. The fraction of sp³-hybridized carbons (Fsp3) is 0.600. The third-order valence-electron chi connectivity index (χ3n) is 0.596. The predicted molar refractivity (Wildman–Crippen MR) is 38.0 cm³/mol. The number of halogens is 1. The quantitative estimate of drug-likeness (QED) is 0.310. The first-order valence-electron chi connectivity index (χ1n) is 2.48. The number of rotatable bonds is 2. The molecule has 0 amide bonds. The number of hydrogen-bond donors (Lipinski definition) is 0. The minimum atomic E-state index is 0.256. The van der Waals surface area contributed by atoms with Crippen molar-refractivity contribution in [3.8, 4) is 0 Å². The molecule has 0 spiro atoms. The Bertz CT molecular complexity index is 98.6. The highest BCUT2D eigenvalue weighted by atomic mass is 35.5. The van der Waals surface area contributed by atoms with Crippen molar-refractivity contribution in [2.45, 2.75) is 13.3 Å². The van der Waals surface area contributed by atoms with Gasteiger partial charge < -0.3 is 0 Å². The standard InChI is InChI=1S/C5H9ClN2/c1-3-4-8-5(6)7-2/h2-4H2,1H3. The summed E-state index contributed by atoms with van der Waals surface area (Å²) in [5.74, 6) is 0. The first-order chi connectivity index (χ1) is 3.81. The van der Waals surface area contributed by atoms with Crippen LogP contribution >= 0.6 is 11.6 Å². The van der Waals surface area contributed by atoms with Crippen LogP contribution in [-0.4, -0.2) is 18.6 Å². The van der Waals surface area contributed by atoms with Gasteiger partial charge in [0.25, 0.3) is 0 Å². The molecule has 0 saturated heterocycles. The molecule has 46 valence electrons. The highest BCUT2D eigenvalue weighted by molar-refractivity contribution is 6.65. The molecular formula is C5H9ClN2. The molecule has 0 fully saturated rings. The molecule has 0 rings (SSSR count). The van der Waals surface area contributed by atoms with Crippen LogP contribution in [0.15, 0.2) is 9.98 Å². The van der Waals surface area contributed by atoms with Crippen molar-refractivity contribution in [3.05, 3.63) is 0 Å². The maximum Gasteiger partial charge on any atom is 0.217 e. The van der Waals surface area contributed by atoms with Gasteiger partial charge in [-0.3, -0.25) is 4.99 Å². The smallest absolute Gasteiger partial charge is 0.217 e. The van der Waals surface area contributed by atoms with Gasteiger partial charge in [0.1, 0.15) is 0 Å². The zero-order valence-corrected chi connectivity index (χ0v) is 5.65. The molecule has 0 aromatic carbocycles. The van der Waals surface area contributed by atoms with Crippen LogP contribution in [0.4, 0.5) is 0 Å². The minimum Gasteiger partial charge on any atom is -0.256 e. The van der Waals surface area contributed by atoms with Crippen molar-refractivity contribution in [2.24, 2.45) is 9.98 Å². The highest BCUT2D eigenvalue weighted by Crippen LogP contribution is 1.87. The molecule has 2 nitrogen and oxygen atoms in total. The molecule has 0 atom stereocenters. The van der Waals surface area contributed by atoms with Crippen LogP contribution in [0.5, 0.6) is 0 Å². The normalized spacial score (nSPS) is 11.5. The van der Waals surface area contributed by atoms with E-state index in [0.717, 1.165) is 13.0 Å². The Kier molecular flexibility index (Phi) is 4.56. The lowest BCUT2D eigenvalue weighted by Gasteiger charge is -1.84. The van der Waals surface area contributed by atoms with Crippen molar-refractivity contribution < 1.29 is 0 Å². The average Bonchev–Trinajstić information content (AvgIpc) is 1.83. The average molecular weight is 133 g/mol. The summed E-state index contributed by atoms with van der Waals surface area (Å²) in [5.41, 5.74) is 0. The molecule has 0 heterocycles. The predicted octanol–water partition coefficient (Wildman–Crippen LogP) is 1.69. The Morgan fingerprint density at radius 3 is 2.75 bits per heavy atom. The third kappa shape index (κ3) is 3.81. The van der Waals surface area contributed by atoms with Gasteiger partial charge in [-0.25, -0.2) is 4.99 Å². The van der Waals surface area contributed by atoms with Crippen molar-refractivity contribution in [2.75, 3.05) is 6.54 Å². The maximum absolute atomic E-state index is 5.36. The number of nitrogens with zero attached hydrogens (tertiary/aromatic N) is 2. The largest absolute Gasteiger partial charge is 0.256 e. The Balaban J connectivity index is 3.40.